The number of nitrogens with one attached hydrogen (secondary N) is 1. The molecule has 1 unspecified atom stereocenters. The van der Waals surface area contributed by atoms with Crippen LogP contribution in [0, 0.1) is 11.8 Å². The van der Waals surface area contributed by atoms with E-state index in [9.17, 15) is 14.4 Å². The third-order valence-electron chi connectivity index (χ3n) is 7.83. The molecule has 0 saturated heterocycles. The molecule has 2 atom stereocenters. The Bertz CT molecular complexity index is 1190. The minimum absolute atomic E-state index is 0.0104. The molecular weight excluding hydrogens is 560 g/mol. The molecule has 0 aromatic carbocycles. The number of hydrogen-bond acceptors (Lipinski definition) is 9. The van der Waals surface area contributed by atoms with Crippen LogP contribution in [0.15, 0.2) is 23.3 Å². The molecule has 11 heteroatoms. The number of esters is 2. The van der Waals surface area contributed by atoms with Crippen molar-refractivity contribution in [3.63, 3.8) is 0 Å². The summed E-state index contributed by atoms with van der Waals surface area (Å²) in [5.41, 5.74) is 11.7. The van der Waals surface area contributed by atoms with Crippen molar-refractivity contribution >= 4 is 29.1 Å². The lowest BCUT2D eigenvalue weighted by Crippen LogP contribution is -2.37. The Hall–Kier alpha value is -3.21. The molecule has 0 fully saturated rings. The standard InChI is InChI=1S/C33H56N6O5/c1-4-5-6-7-8-9-10-11-12-13-14-15-16-17-18-19-27(40)44-23-26(20-21-43-32(42)28(34)25(2)3)22-39-24-36-29-30(39)37-33(35)38-31(29)41/h11-12,24-26,28H,4-10,13-23,34H2,1-3H3,(H3,35,37,38,41)/t26?,28-/m0/s1. The molecule has 0 aliphatic heterocycles. The van der Waals surface area contributed by atoms with Crippen LogP contribution in [0.25, 0.3) is 11.2 Å². The third-order valence-corrected chi connectivity index (χ3v) is 7.83. The third kappa shape index (κ3) is 14.5. The number of aromatic nitrogens is 4. The van der Waals surface area contributed by atoms with Gasteiger partial charge in [0.15, 0.2) is 11.2 Å². The number of fused-ring (bicyclic) bond motifs is 1. The quantitative estimate of drug-likeness (QED) is 0.0748. The Morgan fingerprint density at radius 2 is 1.61 bits per heavy atom. The Balaban J connectivity index is 1.71. The number of nitrogen functional groups attached to an aromatic ring is 1. The molecule has 2 heterocycles. The first-order chi connectivity index (χ1) is 21.2. The van der Waals surface area contributed by atoms with E-state index in [-0.39, 0.29) is 42.5 Å². The summed E-state index contributed by atoms with van der Waals surface area (Å²) in [7, 11) is 0. The molecule has 0 aliphatic rings. The predicted octanol–water partition coefficient (Wildman–Crippen LogP) is 5.82. The number of anilines is 1. The number of aromatic amines is 1. The van der Waals surface area contributed by atoms with Gasteiger partial charge in [-0.1, -0.05) is 84.3 Å². The number of nitrogens with zero attached hydrogens (tertiary/aromatic N) is 3. The summed E-state index contributed by atoms with van der Waals surface area (Å²) in [5, 5.41) is 0. The maximum Gasteiger partial charge on any atom is 0.323 e. The molecule has 44 heavy (non-hydrogen) atoms. The first-order valence-corrected chi connectivity index (χ1v) is 16.7. The van der Waals surface area contributed by atoms with Gasteiger partial charge in [0, 0.05) is 18.9 Å². The fraction of sp³-hybridized carbons (Fsp3) is 0.727. The second-order valence-electron chi connectivity index (χ2n) is 12.1. The summed E-state index contributed by atoms with van der Waals surface area (Å²) < 4.78 is 12.7. The van der Waals surface area contributed by atoms with Gasteiger partial charge in [0.2, 0.25) is 5.95 Å². The molecule has 0 saturated carbocycles. The number of H-pyrrole nitrogens is 1. The lowest BCUT2D eigenvalue weighted by atomic mass is 10.1. The second-order valence-corrected chi connectivity index (χ2v) is 12.1. The van der Waals surface area contributed by atoms with Crippen LogP contribution in [0.3, 0.4) is 0 Å². The van der Waals surface area contributed by atoms with Crippen molar-refractivity contribution in [2.75, 3.05) is 18.9 Å². The number of allylic oxidation sites excluding steroid dienone is 2. The first kappa shape index (κ1) is 37.0. The second kappa shape index (κ2) is 21.5. The minimum atomic E-state index is -0.700. The van der Waals surface area contributed by atoms with E-state index in [4.69, 9.17) is 20.9 Å². The van der Waals surface area contributed by atoms with Gasteiger partial charge in [-0.3, -0.25) is 19.4 Å². The van der Waals surface area contributed by atoms with E-state index < -0.39 is 17.6 Å². The van der Waals surface area contributed by atoms with Crippen LogP contribution >= 0.6 is 0 Å². The zero-order valence-electron chi connectivity index (χ0n) is 27.2. The molecule has 2 rings (SSSR count). The maximum absolute atomic E-state index is 12.5. The molecule has 0 bridgehead atoms. The van der Waals surface area contributed by atoms with E-state index in [1.165, 1.54) is 57.7 Å². The topological polar surface area (TPSA) is 168 Å². The number of unbranched alkanes of at least 4 members (excludes halogenated alkanes) is 11. The van der Waals surface area contributed by atoms with Crippen LogP contribution in [0.4, 0.5) is 5.95 Å². The van der Waals surface area contributed by atoms with Crippen LogP contribution in [-0.4, -0.2) is 50.7 Å². The predicted molar refractivity (Wildman–Crippen MR) is 175 cm³/mol. The van der Waals surface area contributed by atoms with Gasteiger partial charge in [-0.15, -0.1) is 0 Å². The number of imidazole rings is 1. The molecular formula is C33H56N6O5. The highest BCUT2D eigenvalue weighted by Crippen LogP contribution is 2.15. The van der Waals surface area contributed by atoms with Crippen LogP contribution < -0.4 is 17.0 Å². The maximum atomic E-state index is 12.5. The van der Waals surface area contributed by atoms with Crippen molar-refractivity contribution in [1.29, 1.82) is 0 Å². The molecule has 2 aromatic rings. The van der Waals surface area contributed by atoms with E-state index in [0.717, 1.165) is 32.1 Å². The molecule has 0 aliphatic carbocycles. The highest BCUT2D eigenvalue weighted by molar-refractivity contribution is 5.75. The van der Waals surface area contributed by atoms with Crippen molar-refractivity contribution in [2.45, 2.75) is 130 Å². The van der Waals surface area contributed by atoms with Crippen molar-refractivity contribution in [3.8, 4) is 0 Å². The number of ether oxygens (including phenoxy) is 2. The molecule has 5 N–H and O–H groups in total. The number of carbonyl (C=O) groups is 2. The Morgan fingerprint density at radius 3 is 2.27 bits per heavy atom. The average Bonchev–Trinajstić information content (AvgIpc) is 3.39. The fourth-order valence-corrected chi connectivity index (χ4v) is 4.93. The highest BCUT2D eigenvalue weighted by Gasteiger charge is 2.21. The van der Waals surface area contributed by atoms with Gasteiger partial charge in [0.25, 0.3) is 5.56 Å². The summed E-state index contributed by atoms with van der Waals surface area (Å²) in [4.78, 5) is 47.7. The molecule has 11 nitrogen and oxygen atoms in total. The summed E-state index contributed by atoms with van der Waals surface area (Å²) in [6, 6.07) is -0.700. The van der Waals surface area contributed by atoms with Gasteiger partial charge < -0.3 is 25.5 Å². The van der Waals surface area contributed by atoms with Gasteiger partial charge >= 0.3 is 11.9 Å². The highest BCUT2D eigenvalue weighted by atomic mass is 16.5. The summed E-state index contributed by atoms with van der Waals surface area (Å²) in [6.07, 6.45) is 22.5. The lowest BCUT2D eigenvalue weighted by Gasteiger charge is -2.19. The largest absolute Gasteiger partial charge is 0.465 e. The lowest BCUT2D eigenvalue weighted by molar-refractivity contribution is -0.149. The molecule has 0 spiro atoms. The van der Waals surface area contributed by atoms with Crippen LogP contribution in [0.1, 0.15) is 117 Å². The smallest absolute Gasteiger partial charge is 0.323 e. The number of carbonyl (C=O) groups excluding carboxylic acids is 2. The van der Waals surface area contributed by atoms with E-state index in [1.807, 2.05) is 13.8 Å². The summed E-state index contributed by atoms with van der Waals surface area (Å²) in [5.74, 6) is -0.975. The van der Waals surface area contributed by atoms with Crippen molar-refractivity contribution in [3.05, 3.63) is 28.8 Å². The van der Waals surface area contributed by atoms with E-state index in [2.05, 4.69) is 34.0 Å². The molecule has 0 amide bonds. The Labute approximate surface area is 262 Å². The van der Waals surface area contributed by atoms with E-state index in [0.29, 0.717) is 25.0 Å². The monoisotopic (exact) mass is 616 g/mol. The van der Waals surface area contributed by atoms with E-state index in [1.54, 1.807) is 4.57 Å². The van der Waals surface area contributed by atoms with Crippen molar-refractivity contribution in [1.82, 2.24) is 19.5 Å². The van der Waals surface area contributed by atoms with Crippen LogP contribution in [-0.2, 0) is 25.6 Å². The number of rotatable bonds is 24. The SMILES string of the molecule is CCCCCCCCC=CCCCCCCCC(=O)OCC(CCOC(=O)[C@@H](N)C(C)C)Cn1cnc2c(=O)[nH]c(N)nc21. The Morgan fingerprint density at radius 1 is 0.977 bits per heavy atom. The fourth-order valence-electron chi connectivity index (χ4n) is 4.93. The zero-order chi connectivity index (χ0) is 32.2. The molecule has 2 aromatic heterocycles. The zero-order valence-corrected chi connectivity index (χ0v) is 27.2. The van der Waals surface area contributed by atoms with Crippen LogP contribution in [0.5, 0.6) is 0 Å². The normalized spacial score (nSPS) is 13.1. The van der Waals surface area contributed by atoms with Crippen molar-refractivity contribution < 1.29 is 19.1 Å². The number of nitrogens with two attached hydrogens (primary N) is 2. The number of hydrogen-bond donors (Lipinski definition) is 3. The summed E-state index contributed by atoms with van der Waals surface area (Å²) >= 11 is 0. The van der Waals surface area contributed by atoms with Crippen molar-refractivity contribution in [2.24, 2.45) is 17.6 Å². The van der Waals surface area contributed by atoms with E-state index >= 15 is 0 Å². The summed E-state index contributed by atoms with van der Waals surface area (Å²) in [6.45, 7) is 6.57. The van der Waals surface area contributed by atoms with Gasteiger partial charge in [-0.25, -0.2) is 4.98 Å². The van der Waals surface area contributed by atoms with Gasteiger partial charge in [0.05, 0.1) is 19.5 Å². The molecule has 0 radical (unpaired) electrons. The minimum Gasteiger partial charge on any atom is -0.465 e. The average molecular weight is 617 g/mol. The van der Waals surface area contributed by atoms with Gasteiger partial charge in [0.1, 0.15) is 6.04 Å². The van der Waals surface area contributed by atoms with Crippen LogP contribution in [0.2, 0.25) is 0 Å². The van der Waals surface area contributed by atoms with Gasteiger partial charge in [-0.2, -0.15) is 4.98 Å². The first-order valence-electron chi connectivity index (χ1n) is 16.7. The van der Waals surface area contributed by atoms with Gasteiger partial charge in [-0.05, 0) is 44.4 Å². The Kier molecular flexibility index (Phi) is 18.1. The molecule has 248 valence electrons.